The van der Waals surface area contributed by atoms with Gasteiger partial charge in [-0.3, -0.25) is 4.79 Å². The first-order valence-corrected chi connectivity index (χ1v) is 7.39. The van der Waals surface area contributed by atoms with Crippen molar-refractivity contribution < 1.29 is 14.7 Å². The van der Waals surface area contributed by atoms with Crippen LogP contribution in [0.5, 0.6) is 0 Å². The zero-order chi connectivity index (χ0) is 17.3. The lowest BCUT2D eigenvalue weighted by molar-refractivity contribution is -0.152. The van der Waals surface area contributed by atoms with Gasteiger partial charge in [-0.15, -0.1) is 0 Å². The summed E-state index contributed by atoms with van der Waals surface area (Å²) in [5, 5.41) is 9.48. The normalized spacial score (nSPS) is 14.0. The lowest BCUT2D eigenvalue weighted by Gasteiger charge is -2.37. The quantitative estimate of drug-likeness (QED) is 0.654. The van der Waals surface area contributed by atoms with E-state index in [-0.39, 0.29) is 0 Å². The molecule has 0 aliphatic heterocycles. The molecule has 2 aromatic carbocycles. The van der Waals surface area contributed by atoms with Crippen LogP contribution in [-0.2, 0) is 15.0 Å². The molecular weight excluding hydrogens is 290 g/mol. The molecular formula is C19H21NO3. The van der Waals surface area contributed by atoms with E-state index < -0.39 is 16.8 Å². The van der Waals surface area contributed by atoms with E-state index in [4.69, 9.17) is 5.73 Å². The molecule has 0 fully saturated rings. The Morgan fingerprint density at radius 1 is 1.09 bits per heavy atom. The molecule has 4 nitrogen and oxygen atoms in total. The molecule has 1 atom stereocenters. The van der Waals surface area contributed by atoms with Crippen molar-refractivity contribution in [2.24, 2.45) is 5.41 Å². The second-order valence-electron chi connectivity index (χ2n) is 6.42. The van der Waals surface area contributed by atoms with E-state index in [2.05, 4.69) is 0 Å². The Hall–Kier alpha value is -2.62. The molecule has 3 N–H and O–H groups in total. The summed E-state index contributed by atoms with van der Waals surface area (Å²) in [4.78, 5) is 23.3. The highest BCUT2D eigenvalue weighted by molar-refractivity contribution is 5.86. The van der Waals surface area contributed by atoms with Gasteiger partial charge in [0.25, 0.3) is 0 Å². The number of aldehydes is 1. The molecule has 0 aliphatic rings. The number of anilines is 1. The molecule has 23 heavy (non-hydrogen) atoms. The Bertz CT molecular complexity index is 738. The first-order chi connectivity index (χ1) is 10.7. The third-order valence-corrected chi connectivity index (χ3v) is 4.80. The zero-order valence-electron chi connectivity index (χ0n) is 13.5. The van der Waals surface area contributed by atoms with Crippen LogP contribution < -0.4 is 5.73 Å². The highest BCUT2D eigenvalue weighted by Gasteiger charge is 2.48. The Labute approximate surface area is 136 Å². The van der Waals surface area contributed by atoms with E-state index >= 15 is 0 Å². The standard InChI is InChI=1S/C19H21NO3/c1-18(2,17(22)23)19(3,12-21)14-9-10-15(16(20)11-14)13-7-5-4-6-8-13/h4-12H,20H2,1-3H3,(H,22,23). The van der Waals surface area contributed by atoms with Crippen LogP contribution in [0.1, 0.15) is 26.3 Å². The number of nitrogens with two attached hydrogens (primary N) is 1. The van der Waals surface area contributed by atoms with Gasteiger partial charge in [-0.1, -0.05) is 42.5 Å². The Morgan fingerprint density at radius 3 is 2.17 bits per heavy atom. The minimum atomic E-state index is -1.25. The molecule has 0 saturated heterocycles. The predicted molar refractivity (Wildman–Crippen MR) is 91.1 cm³/mol. The van der Waals surface area contributed by atoms with Crippen LogP contribution in [0.3, 0.4) is 0 Å². The van der Waals surface area contributed by atoms with Crippen LogP contribution in [0.2, 0.25) is 0 Å². The first-order valence-electron chi connectivity index (χ1n) is 7.39. The van der Waals surface area contributed by atoms with Crippen molar-refractivity contribution in [3.63, 3.8) is 0 Å². The second kappa shape index (κ2) is 5.88. The number of carbonyl (C=O) groups is 2. The Balaban J connectivity index is 2.55. The maximum atomic E-state index is 11.7. The Kier molecular flexibility index (Phi) is 4.28. The molecule has 0 radical (unpaired) electrons. The fourth-order valence-corrected chi connectivity index (χ4v) is 2.56. The molecule has 0 saturated carbocycles. The highest BCUT2D eigenvalue weighted by atomic mass is 16.4. The van der Waals surface area contributed by atoms with E-state index in [9.17, 15) is 14.7 Å². The average molecular weight is 311 g/mol. The number of aliphatic carboxylic acids is 1. The number of nitrogen functional groups attached to an aromatic ring is 1. The van der Waals surface area contributed by atoms with Crippen molar-refractivity contribution >= 4 is 17.9 Å². The minimum Gasteiger partial charge on any atom is -0.481 e. The van der Waals surface area contributed by atoms with Gasteiger partial charge in [0.2, 0.25) is 0 Å². The molecule has 0 aromatic heterocycles. The molecule has 1 unspecified atom stereocenters. The lowest BCUT2D eigenvalue weighted by atomic mass is 9.63. The van der Waals surface area contributed by atoms with Gasteiger partial charge in [0, 0.05) is 11.3 Å². The van der Waals surface area contributed by atoms with Crippen LogP contribution in [0.25, 0.3) is 11.1 Å². The van der Waals surface area contributed by atoms with Crippen LogP contribution in [0.4, 0.5) is 5.69 Å². The number of rotatable bonds is 5. The van der Waals surface area contributed by atoms with E-state index in [1.165, 1.54) is 0 Å². The molecule has 0 amide bonds. The average Bonchev–Trinajstić information content (AvgIpc) is 2.54. The summed E-state index contributed by atoms with van der Waals surface area (Å²) in [6, 6.07) is 15.0. The van der Waals surface area contributed by atoms with Crippen LogP contribution in [0, 0.1) is 5.41 Å². The third kappa shape index (κ3) is 2.72. The van der Waals surface area contributed by atoms with Crippen LogP contribution in [0.15, 0.2) is 48.5 Å². The number of carboxylic acids is 1. The molecule has 0 aliphatic carbocycles. The summed E-state index contributed by atoms with van der Waals surface area (Å²) in [5.74, 6) is -1.03. The Morgan fingerprint density at radius 2 is 1.70 bits per heavy atom. The van der Waals surface area contributed by atoms with Gasteiger partial charge in [0.15, 0.2) is 0 Å². The smallest absolute Gasteiger partial charge is 0.310 e. The van der Waals surface area contributed by atoms with Crippen molar-refractivity contribution in [3.8, 4) is 11.1 Å². The summed E-state index contributed by atoms with van der Waals surface area (Å²) in [5.41, 5.74) is 6.67. The molecule has 4 heteroatoms. The predicted octanol–water partition coefficient (Wildman–Crippen LogP) is 3.50. The van der Waals surface area contributed by atoms with Gasteiger partial charge in [0.1, 0.15) is 6.29 Å². The molecule has 120 valence electrons. The van der Waals surface area contributed by atoms with Crippen molar-refractivity contribution in [2.75, 3.05) is 5.73 Å². The number of carbonyl (C=O) groups excluding carboxylic acids is 1. The number of hydrogen-bond acceptors (Lipinski definition) is 3. The van der Waals surface area contributed by atoms with Gasteiger partial charge in [-0.05, 0) is 38.0 Å². The maximum Gasteiger partial charge on any atom is 0.310 e. The maximum absolute atomic E-state index is 11.7. The molecule has 0 heterocycles. The summed E-state index contributed by atoms with van der Waals surface area (Å²) in [6.07, 6.45) is 0.693. The monoisotopic (exact) mass is 311 g/mol. The number of hydrogen-bond donors (Lipinski definition) is 2. The number of carboxylic acid groups (broad SMARTS) is 1. The number of benzene rings is 2. The fourth-order valence-electron chi connectivity index (χ4n) is 2.56. The lowest BCUT2D eigenvalue weighted by Crippen LogP contribution is -2.46. The van der Waals surface area contributed by atoms with E-state index in [1.54, 1.807) is 32.9 Å². The second-order valence-corrected chi connectivity index (χ2v) is 6.42. The van der Waals surface area contributed by atoms with Gasteiger partial charge in [-0.25, -0.2) is 0 Å². The molecule has 0 bridgehead atoms. The zero-order valence-corrected chi connectivity index (χ0v) is 13.5. The van der Waals surface area contributed by atoms with Crippen LogP contribution >= 0.6 is 0 Å². The summed E-state index contributed by atoms with van der Waals surface area (Å²) >= 11 is 0. The van der Waals surface area contributed by atoms with Crippen molar-refractivity contribution in [1.82, 2.24) is 0 Å². The molecule has 2 aromatic rings. The SMILES string of the molecule is CC(C)(C(=O)O)C(C)(C=O)c1ccc(-c2ccccc2)c(N)c1. The topological polar surface area (TPSA) is 80.4 Å². The summed E-state index contributed by atoms with van der Waals surface area (Å²) in [7, 11) is 0. The van der Waals surface area contributed by atoms with Gasteiger partial charge >= 0.3 is 5.97 Å². The summed E-state index contributed by atoms with van der Waals surface area (Å²) in [6.45, 7) is 4.72. The van der Waals surface area contributed by atoms with Crippen molar-refractivity contribution in [1.29, 1.82) is 0 Å². The fraction of sp³-hybridized carbons (Fsp3) is 0.263. The minimum absolute atomic E-state index is 0.517. The third-order valence-electron chi connectivity index (χ3n) is 4.80. The van der Waals surface area contributed by atoms with Crippen molar-refractivity contribution in [3.05, 3.63) is 54.1 Å². The first kappa shape index (κ1) is 16.7. The van der Waals surface area contributed by atoms with Crippen LogP contribution in [-0.4, -0.2) is 17.4 Å². The van der Waals surface area contributed by atoms with E-state index in [1.807, 2.05) is 36.4 Å². The van der Waals surface area contributed by atoms with E-state index in [0.717, 1.165) is 11.1 Å². The van der Waals surface area contributed by atoms with Crippen molar-refractivity contribution in [2.45, 2.75) is 26.2 Å². The highest BCUT2D eigenvalue weighted by Crippen LogP contribution is 2.42. The molecule has 0 spiro atoms. The molecule has 2 rings (SSSR count). The van der Waals surface area contributed by atoms with Gasteiger partial charge < -0.3 is 15.6 Å². The van der Waals surface area contributed by atoms with Gasteiger partial charge in [-0.2, -0.15) is 0 Å². The summed E-state index contributed by atoms with van der Waals surface area (Å²) < 4.78 is 0. The van der Waals surface area contributed by atoms with E-state index in [0.29, 0.717) is 17.5 Å². The van der Waals surface area contributed by atoms with Gasteiger partial charge in [0.05, 0.1) is 10.8 Å². The largest absolute Gasteiger partial charge is 0.481 e.